The predicted octanol–water partition coefficient (Wildman–Crippen LogP) is 3.75. The molecule has 2 aromatic carbocycles. The van der Waals surface area contributed by atoms with E-state index in [1.54, 1.807) is 21.7 Å². The zero-order chi connectivity index (χ0) is 21.7. The number of likely N-dealkylation sites (tertiary alicyclic amines) is 1. The van der Waals surface area contributed by atoms with Gasteiger partial charge >= 0.3 is 6.03 Å². The zero-order valence-corrected chi connectivity index (χ0v) is 17.2. The average Bonchev–Trinajstić information content (AvgIpc) is 3.20. The number of anilines is 1. The molecule has 0 saturated carbocycles. The molecule has 2 aliphatic rings. The molecule has 7 nitrogen and oxygen atoms in total. The maximum absolute atomic E-state index is 13.8. The zero-order valence-electron chi connectivity index (χ0n) is 17.2. The summed E-state index contributed by atoms with van der Waals surface area (Å²) in [5, 5.41) is 7.19. The number of rotatable bonds is 3. The third-order valence-electron chi connectivity index (χ3n) is 6.04. The van der Waals surface area contributed by atoms with Gasteiger partial charge in [-0.3, -0.25) is 4.79 Å². The molecule has 3 aromatic rings. The minimum atomic E-state index is -0.479. The normalized spacial score (nSPS) is 18.2. The Hall–Kier alpha value is -3.68. The number of carbonyl (C=O) groups excluding carboxylic acids is 2. The van der Waals surface area contributed by atoms with E-state index in [4.69, 9.17) is 0 Å². The lowest BCUT2D eigenvalue weighted by Crippen LogP contribution is -2.62. The molecule has 1 N–H and O–H groups in total. The van der Waals surface area contributed by atoms with Gasteiger partial charge in [-0.15, -0.1) is 0 Å². The summed E-state index contributed by atoms with van der Waals surface area (Å²) in [7, 11) is 0. The minimum Gasteiger partial charge on any atom is -0.324 e. The number of carbonyl (C=O) groups is 2. The van der Waals surface area contributed by atoms with Crippen LogP contribution in [0.1, 0.15) is 34.7 Å². The number of aromatic nitrogens is 2. The van der Waals surface area contributed by atoms with Crippen molar-refractivity contribution in [2.24, 2.45) is 0 Å². The summed E-state index contributed by atoms with van der Waals surface area (Å²) in [5.74, 6) is -0.557. The fraction of sp³-hybridized carbons (Fsp3) is 0.261. The maximum atomic E-state index is 13.8. The fourth-order valence-electron chi connectivity index (χ4n) is 4.47. The lowest BCUT2D eigenvalue weighted by Gasteiger charge is -2.45. The molecule has 5 rings (SSSR count). The Labute approximate surface area is 179 Å². The van der Waals surface area contributed by atoms with E-state index in [9.17, 15) is 14.0 Å². The number of hydrogen-bond donors (Lipinski definition) is 1. The maximum Gasteiger partial charge on any atom is 0.322 e. The molecule has 1 atom stereocenters. The Morgan fingerprint density at radius 1 is 1.10 bits per heavy atom. The predicted molar refractivity (Wildman–Crippen MR) is 114 cm³/mol. The van der Waals surface area contributed by atoms with Crippen LogP contribution in [-0.2, 0) is 0 Å². The van der Waals surface area contributed by atoms with Gasteiger partial charge in [0.25, 0.3) is 5.91 Å². The van der Waals surface area contributed by atoms with Gasteiger partial charge in [0.2, 0.25) is 0 Å². The van der Waals surface area contributed by atoms with Crippen LogP contribution in [0.15, 0.2) is 54.6 Å². The van der Waals surface area contributed by atoms with E-state index in [-0.39, 0.29) is 29.7 Å². The van der Waals surface area contributed by atoms with Crippen molar-refractivity contribution in [3.63, 3.8) is 0 Å². The second kappa shape index (κ2) is 7.23. The lowest BCUT2D eigenvalue weighted by atomic mass is 10.0. The van der Waals surface area contributed by atoms with E-state index >= 15 is 0 Å². The molecule has 1 unspecified atom stereocenters. The number of amides is 3. The highest BCUT2D eigenvalue weighted by molar-refractivity contribution is 5.99. The Balaban J connectivity index is 1.32. The number of aryl methyl sites for hydroxylation is 1. The third-order valence-corrected chi connectivity index (χ3v) is 6.04. The van der Waals surface area contributed by atoms with E-state index < -0.39 is 5.82 Å². The van der Waals surface area contributed by atoms with Gasteiger partial charge in [-0.25, -0.2) is 13.9 Å². The van der Waals surface area contributed by atoms with E-state index in [0.29, 0.717) is 18.8 Å². The first-order chi connectivity index (χ1) is 15.0. The summed E-state index contributed by atoms with van der Waals surface area (Å²) in [6.45, 7) is 4.72. The van der Waals surface area contributed by atoms with Crippen molar-refractivity contribution in [3.05, 3.63) is 77.4 Å². The van der Waals surface area contributed by atoms with Crippen LogP contribution in [0.25, 0.3) is 5.69 Å². The van der Waals surface area contributed by atoms with Gasteiger partial charge in [0.15, 0.2) is 0 Å². The molecule has 158 valence electrons. The molecule has 0 radical (unpaired) electrons. The molecule has 0 spiro atoms. The van der Waals surface area contributed by atoms with Gasteiger partial charge in [0.05, 0.1) is 29.2 Å². The van der Waals surface area contributed by atoms with Gasteiger partial charge in [-0.05, 0) is 38.1 Å². The number of urea groups is 1. The summed E-state index contributed by atoms with van der Waals surface area (Å²) >= 11 is 0. The molecule has 1 fully saturated rings. The van der Waals surface area contributed by atoms with Gasteiger partial charge < -0.3 is 15.1 Å². The monoisotopic (exact) mass is 419 g/mol. The van der Waals surface area contributed by atoms with Crippen LogP contribution in [-0.4, -0.2) is 50.6 Å². The summed E-state index contributed by atoms with van der Waals surface area (Å²) in [4.78, 5) is 29.2. The van der Waals surface area contributed by atoms with Gasteiger partial charge in [0.1, 0.15) is 11.5 Å². The van der Waals surface area contributed by atoms with Crippen LogP contribution < -0.4 is 5.32 Å². The van der Waals surface area contributed by atoms with Crippen molar-refractivity contribution in [2.45, 2.75) is 25.9 Å². The number of para-hydroxylation sites is 2. The fourth-order valence-corrected chi connectivity index (χ4v) is 4.47. The highest BCUT2D eigenvalue weighted by atomic mass is 19.1. The first-order valence-corrected chi connectivity index (χ1v) is 10.2. The van der Waals surface area contributed by atoms with Crippen LogP contribution >= 0.6 is 0 Å². The smallest absolute Gasteiger partial charge is 0.322 e. The van der Waals surface area contributed by atoms with Gasteiger partial charge in [-0.2, -0.15) is 5.10 Å². The lowest BCUT2D eigenvalue weighted by molar-refractivity contribution is 0.0326. The van der Waals surface area contributed by atoms with Crippen LogP contribution in [0.5, 0.6) is 0 Å². The van der Waals surface area contributed by atoms with Gasteiger partial charge in [0, 0.05) is 18.7 Å². The minimum absolute atomic E-state index is 0.0777. The number of benzene rings is 2. The number of nitrogens with one attached hydrogen (secondary N) is 1. The Kier molecular flexibility index (Phi) is 4.50. The summed E-state index contributed by atoms with van der Waals surface area (Å²) in [5.41, 5.74) is 3.34. The van der Waals surface area contributed by atoms with E-state index in [1.807, 2.05) is 49.1 Å². The first kappa shape index (κ1) is 19.3. The van der Waals surface area contributed by atoms with Crippen LogP contribution in [0, 0.1) is 12.7 Å². The number of hydrogen-bond acceptors (Lipinski definition) is 3. The molecule has 0 aliphatic carbocycles. The SMILES string of the molecule is Cc1nn(-c2ccccc2)c2c1C(C)N(C1CN(C(=O)Nc3ccccc3F)C1)C2=O. The second-order valence-electron chi connectivity index (χ2n) is 7.95. The number of nitrogens with zero attached hydrogens (tertiary/aromatic N) is 4. The number of halogens is 1. The topological polar surface area (TPSA) is 70.5 Å². The standard InChI is InChI=1S/C23H22FN5O2/c1-14-20-15(2)28(22(30)21(20)29(26-14)16-8-4-3-5-9-16)17-12-27(13-17)23(31)25-19-11-7-6-10-18(19)24/h3-11,15,17H,12-13H2,1-2H3,(H,25,31). The van der Waals surface area contributed by atoms with E-state index in [2.05, 4.69) is 10.4 Å². The highest BCUT2D eigenvalue weighted by Crippen LogP contribution is 2.39. The summed E-state index contributed by atoms with van der Waals surface area (Å²) in [6, 6.07) is 15.1. The Bertz CT molecular complexity index is 1170. The molecule has 3 amide bonds. The summed E-state index contributed by atoms with van der Waals surface area (Å²) < 4.78 is 15.5. The van der Waals surface area contributed by atoms with E-state index in [1.165, 1.54) is 12.1 Å². The number of fused-ring (bicyclic) bond motifs is 1. The molecule has 1 aromatic heterocycles. The molecule has 8 heteroatoms. The van der Waals surface area contributed by atoms with E-state index in [0.717, 1.165) is 16.9 Å². The van der Waals surface area contributed by atoms with Crippen molar-refractivity contribution in [1.29, 1.82) is 0 Å². The van der Waals surface area contributed by atoms with Crippen molar-refractivity contribution in [1.82, 2.24) is 19.6 Å². The molecular formula is C23H22FN5O2. The molecule has 31 heavy (non-hydrogen) atoms. The Morgan fingerprint density at radius 2 is 1.77 bits per heavy atom. The third kappa shape index (κ3) is 3.06. The molecule has 3 heterocycles. The average molecular weight is 419 g/mol. The van der Waals surface area contributed by atoms with Crippen LogP contribution in [0.4, 0.5) is 14.9 Å². The molecular weight excluding hydrogens is 397 g/mol. The van der Waals surface area contributed by atoms with Crippen LogP contribution in [0.2, 0.25) is 0 Å². The molecule has 1 saturated heterocycles. The highest BCUT2D eigenvalue weighted by Gasteiger charge is 2.47. The summed E-state index contributed by atoms with van der Waals surface area (Å²) in [6.07, 6.45) is 0. The van der Waals surface area contributed by atoms with Crippen molar-refractivity contribution >= 4 is 17.6 Å². The largest absolute Gasteiger partial charge is 0.324 e. The van der Waals surface area contributed by atoms with Crippen molar-refractivity contribution in [3.8, 4) is 5.69 Å². The second-order valence-corrected chi connectivity index (χ2v) is 7.95. The van der Waals surface area contributed by atoms with Crippen LogP contribution in [0.3, 0.4) is 0 Å². The molecule has 0 bridgehead atoms. The first-order valence-electron chi connectivity index (χ1n) is 10.2. The van der Waals surface area contributed by atoms with Gasteiger partial charge in [-0.1, -0.05) is 30.3 Å². The van der Waals surface area contributed by atoms with Crippen molar-refractivity contribution in [2.75, 3.05) is 18.4 Å². The van der Waals surface area contributed by atoms with Crippen molar-refractivity contribution < 1.29 is 14.0 Å². The quantitative estimate of drug-likeness (QED) is 0.703. The molecule has 2 aliphatic heterocycles. The Morgan fingerprint density at radius 3 is 2.48 bits per heavy atom.